The van der Waals surface area contributed by atoms with Crippen molar-refractivity contribution in [1.29, 1.82) is 0 Å². The molecule has 0 fully saturated rings. The quantitative estimate of drug-likeness (QED) is 0.786. The van der Waals surface area contributed by atoms with E-state index in [1.54, 1.807) is 4.90 Å². The van der Waals surface area contributed by atoms with Gasteiger partial charge in [0.15, 0.2) is 11.5 Å². The summed E-state index contributed by atoms with van der Waals surface area (Å²) in [5.74, 6) is -0.903. The standard InChI is InChI=1S/C21H27N3O3/c1-13(2)11-17(25)18-19(15-12-22-16-8-6-5-7-14(15)16)24(10-9-23(3)4)21(27)20(18)26/h5-8,12-13,19,22,26H,9-11H2,1-4H3. The normalized spacial score (nSPS) is 17.8. The van der Waals surface area contributed by atoms with Gasteiger partial charge in [0.2, 0.25) is 0 Å². The van der Waals surface area contributed by atoms with E-state index in [9.17, 15) is 14.7 Å². The molecule has 6 nitrogen and oxygen atoms in total. The molecule has 1 atom stereocenters. The van der Waals surface area contributed by atoms with E-state index in [1.165, 1.54) is 0 Å². The van der Waals surface area contributed by atoms with Crippen LogP contribution < -0.4 is 0 Å². The van der Waals surface area contributed by atoms with Gasteiger partial charge in [0.05, 0.1) is 11.6 Å². The first kappa shape index (κ1) is 19.2. The zero-order chi connectivity index (χ0) is 19.7. The zero-order valence-corrected chi connectivity index (χ0v) is 16.3. The van der Waals surface area contributed by atoms with Crippen LogP contribution in [-0.2, 0) is 9.59 Å². The van der Waals surface area contributed by atoms with Crippen molar-refractivity contribution in [3.63, 3.8) is 0 Å². The van der Waals surface area contributed by atoms with Crippen molar-refractivity contribution in [2.45, 2.75) is 26.3 Å². The molecule has 1 aromatic carbocycles. The molecular weight excluding hydrogens is 342 g/mol. The lowest BCUT2D eigenvalue weighted by Gasteiger charge is -2.27. The summed E-state index contributed by atoms with van der Waals surface area (Å²) in [5.41, 5.74) is 2.00. The lowest BCUT2D eigenvalue weighted by Crippen LogP contribution is -2.36. The van der Waals surface area contributed by atoms with Gasteiger partial charge in [-0.2, -0.15) is 0 Å². The molecule has 2 aromatic rings. The topological polar surface area (TPSA) is 76.6 Å². The Kier molecular flexibility index (Phi) is 5.37. The Morgan fingerprint density at radius 2 is 2.00 bits per heavy atom. The Balaban J connectivity index is 2.09. The van der Waals surface area contributed by atoms with Crippen LogP contribution in [0.1, 0.15) is 31.9 Å². The molecule has 1 unspecified atom stereocenters. The fraction of sp³-hybridized carbons (Fsp3) is 0.429. The predicted molar refractivity (Wildman–Crippen MR) is 105 cm³/mol. The number of aromatic amines is 1. The van der Waals surface area contributed by atoms with E-state index in [4.69, 9.17) is 0 Å². The van der Waals surface area contributed by atoms with Gasteiger partial charge in [-0.25, -0.2) is 0 Å². The molecule has 2 N–H and O–H groups in total. The fourth-order valence-electron chi connectivity index (χ4n) is 3.60. The van der Waals surface area contributed by atoms with E-state index in [-0.39, 0.29) is 17.3 Å². The van der Waals surface area contributed by atoms with Crippen molar-refractivity contribution in [3.05, 3.63) is 47.4 Å². The van der Waals surface area contributed by atoms with Gasteiger partial charge in [-0.3, -0.25) is 9.59 Å². The van der Waals surface area contributed by atoms with E-state index in [2.05, 4.69) is 4.98 Å². The number of nitrogens with one attached hydrogen (secondary N) is 1. The molecule has 3 rings (SSSR count). The highest BCUT2D eigenvalue weighted by molar-refractivity contribution is 6.09. The Bertz CT molecular complexity index is 895. The second-order valence-electron chi connectivity index (χ2n) is 7.78. The van der Waals surface area contributed by atoms with E-state index >= 15 is 0 Å². The van der Waals surface area contributed by atoms with E-state index in [0.29, 0.717) is 19.5 Å². The van der Waals surface area contributed by atoms with E-state index in [1.807, 2.05) is 63.3 Å². The minimum absolute atomic E-state index is 0.146. The maximum Gasteiger partial charge on any atom is 0.290 e. The zero-order valence-electron chi connectivity index (χ0n) is 16.3. The number of carbonyl (C=O) groups excluding carboxylic acids is 2. The number of aliphatic hydroxyl groups is 1. The number of nitrogens with zero attached hydrogens (tertiary/aromatic N) is 2. The third kappa shape index (κ3) is 3.62. The van der Waals surface area contributed by atoms with Crippen LogP contribution in [0.5, 0.6) is 0 Å². The molecule has 6 heteroatoms. The number of ketones is 1. The van der Waals surface area contributed by atoms with Gasteiger partial charge in [-0.15, -0.1) is 0 Å². The first-order valence-corrected chi connectivity index (χ1v) is 9.29. The molecular formula is C21H27N3O3. The molecule has 2 heterocycles. The number of carbonyl (C=O) groups is 2. The first-order valence-electron chi connectivity index (χ1n) is 9.29. The SMILES string of the molecule is CC(C)CC(=O)C1=C(O)C(=O)N(CCN(C)C)C1c1c[nH]c2ccccc12. The second-order valence-corrected chi connectivity index (χ2v) is 7.78. The molecule has 1 aromatic heterocycles. The molecule has 144 valence electrons. The van der Waals surface area contributed by atoms with Gasteiger partial charge in [-0.05, 0) is 26.1 Å². The minimum Gasteiger partial charge on any atom is -0.503 e. The highest BCUT2D eigenvalue weighted by Gasteiger charge is 2.44. The summed E-state index contributed by atoms with van der Waals surface area (Å²) in [6.45, 7) is 4.98. The summed E-state index contributed by atoms with van der Waals surface area (Å²) in [7, 11) is 3.86. The van der Waals surface area contributed by atoms with Gasteiger partial charge in [0, 0.05) is 42.2 Å². The summed E-state index contributed by atoms with van der Waals surface area (Å²) in [6, 6.07) is 7.22. The Hall–Kier alpha value is -2.60. The summed E-state index contributed by atoms with van der Waals surface area (Å²) in [6.07, 6.45) is 2.14. The highest BCUT2D eigenvalue weighted by Crippen LogP contribution is 2.41. The lowest BCUT2D eigenvalue weighted by atomic mass is 9.92. The number of hydrogen-bond donors (Lipinski definition) is 2. The maximum atomic E-state index is 12.9. The fourth-order valence-corrected chi connectivity index (χ4v) is 3.60. The van der Waals surface area contributed by atoms with Crippen molar-refractivity contribution in [1.82, 2.24) is 14.8 Å². The van der Waals surface area contributed by atoms with Crippen LogP contribution in [0.25, 0.3) is 10.9 Å². The van der Waals surface area contributed by atoms with Crippen LogP contribution in [0, 0.1) is 5.92 Å². The monoisotopic (exact) mass is 369 g/mol. The van der Waals surface area contributed by atoms with Crippen LogP contribution >= 0.6 is 0 Å². The largest absolute Gasteiger partial charge is 0.503 e. The summed E-state index contributed by atoms with van der Waals surface area (Å²) in [5, 5.41) is 11.5. The van der Waals surface area contributed by atoms with Crippen molar-refractivity contribution in [2.24, 2.45) is 5.92 Å². The number of fused-ring (bicyclic) bond motifs is 1. The second kappa shape index (κ2) is 7.56. The summed E-state index contributed by atoms with van der Waals surface area (Å²) < 4.78 is 0. The first-order chi connectivity index (χ1) is 12.8. The number of Topliss-reactive ketones (excluding diaryl/α,β-unsaturated/α-hetero) is 1. The van der Waals surface area contributed by atoms with Gasteiger partial charge in [0.1, 0.15) is 0 Å². The number of amides is 1. The molecule has 27 heavy (non-hydrogen) atoms. The molecule has 0 spiro atoms. The molecule has 0 aliphatic carbocycles. The Morgan fingerprint density at radius 1 is 1.30 bits per heavy atom. The van der Waals surface area contributed by atoms with Crippen molar-refractivity contribution in [3.8, 4) is 0 Å². The Labute approximate surface area is 159 Å². The van der Waals surface area contributed by atoms with E-state index in [0.717, 1.165) is 16.5 Å². The maximum absolute atomic E-state index is 12.9. The van der Waals surface area contributed by atoms with Gasteiger partial charge in [-0.1, -0.05) is 32.0 Å². The number of aliphatic hydroxyl groups excluding tert-OH is 1. The average molecular weight is 369 g/mol. The van der Waals surface area contributed by atoms with Crippen LogP contribution in [0.15, 0.2) is 41.8 Å². The van der Waals surface area contributed by atoms with E-state index < -0.39 is 17.7 Å². The van der Waals surface area contributed by atoms with Crippen LogP contribution in [0.4, 0.5) is 0 Å². The molecule has 0 saturated heterocycles. The summed E-state index contributed by atoms with van der Waals surface area (Å²) >= 11 is 0. The molecule has 1 aliphatic rings. The van der Waals surface area contributed by atoms with Crippen LogP contribution in [0.2, 0.25) is 0 Å². The number of para-hydroxylation sites is 1. The van der Waals surface area contributed by atoms with Crippen LogP contribution in [-0.4, -0.2) is 58.8 Å². The average Bonchev–Trinajstić information content (AvgIpc) is 3.12. The number of rotatable bonds is 7. The third-order valence-electron chi connectivity index (χ3n) is 4.90. The Morgan fingerprint density at radius 3 is 2.67 bits per heavy atom. The van der Waals surface area contributed by atoms with Gasteiger partial charge >= 0.3 is 0 Å². The predicted octanol–water partition coefficient (Wildman–Crippen LogP) is 3.04. The van der Waals surface area contributed by atoms with Crippen molar-refractivity contribution in [2.75, 3.05) is 27.2 Å². The summed E-state index contributed by atoms with van der Waals surface area (Å²) in [4.78, 5) is 32.5. The molecule has 1 amide bonds. The number of aromatic nitrogens is 1. The number of likely N-dealkylation sites (N-methyl/N-ethyl adjacent to an activating group) is 1. The minimum atomic E-state index is -0.570. The molecule has 1 aliphatic heterocycles. The molecule has 0 bridgehead atoms. The smallest absolute Gasteiger partial charge is 0.290 e. The van der Waals surface area contributed by atoms with Crippen molar-refractivity contribution < 1.29 is 14.7 Å². The number of benzene rings is 1. The third-order valence-corrected chi connectivity index (χ3v) is 4.90. The number of hydrogen-bond acceptors (Lipinski definition) is 4. The van der Waals surface area contributed by atoms with Crippen LogP contribution in [0.3, 0.4) is 0 Å². The molecule has 0 saturated carbocycles. The molecule has 0 radical (unpaired) electrons. The lowest BCUT2D eigenvalue weighted by molar-refractivity contribution is -0.129. The van der Waals surface area contributed by atoms with Gasteiger partial charge in [0.25, 0.3) is 5.91 Å². The highest BCUT2D eigenvalue weighted by atomic mass is 16.3. The van der Waals surface area contributed by atoms with Gasteiger partial charge < -0.3 is 19.9 Å². The van der Waals surface area contributed by atoms with Crippen molar-refractivity contribution >= 4 is 22.6 Å². The number of H-pyrrole nitrogens is 1.